The number of nitrogens with two attached hydrogens (primary N) is 2. The molecule has 1 saturated heterocycles. The highest BCUT2D eigenvalue weighted by Crippen LogP contribution is 2.31. The molecule has 0 unspecified atom stereocenters. The predicted molar refractivity (Wildman–Crippen MR) is 228 cm³/mol. The Labute approximate surface area is 351 Å². The number of carbonyl (C=O) groups is 4. The molecule has 13 heteroatoms. The van der Waals surface area contributed by atoms with Gasteiger partial charge in [-0.05, 0) is 92.2 Å². The van der Waals surface area contributed by atoms with Gasteiger partial charge >= 0.3 is 6.09 Å². The number of carbonyl (C=O) groups excluding carboxylic acids is 4. The van der Waals surface area contributed by atoms with Crippen LogP contribution < -0.4 is 16.8 Å². The summed E-state index contributed by atoms with van der Waals surface area (Å²) >= 11 is 0. The first-order valence-electron chi connectivity index (χ1n) is 21.7. The fourth-order valence-corrected chi connectivity index (χ4v) is 8.99. The van der Waals surface area contributed by atoms with Crippen molar-refractivity contribution in [1.82, 2.24) is 15.2 Å². The number of nitrogens with zero attached hydrogens (tertiary/aromatic N) is 3. The Kier molecular flexibility index (Phi) is 14.6. The van der Waals surface area contributed by atoms with Gasteiger partial charge in [-0.15, -0.1) is 0 Å². The van der Waals surface area contributed by atoms with Gasteiger partial charge in [0.1, 0.15) is 11.6 Å². The Morgan fingerprint density at radius 2 is 1.52 bits per heavy atom. The highest BCUT2D eigenvalue weighted by Gasteiger charge is 2.44. The molecule has 5 N–H and O–H groups in total. The molecule has 4 aromatic rings. The number of fused-ring (bicyclic) bond motifs is 1. The van der Waals surface area contributed by atoms with Gasteiger partial charge in [-0.1, -0.05) is 86.7 Å². The van der Waals surface area contributed by atoms with Crippen LogP contribution in [-0.2, 0) is 31.9 Å². The summed E-state index contributed by atoms with van der Waals surface area (Å²) in [5.74, 6) is -1.33. The fourth-order valence-electron chi connectivity index (χ4n) is 8.99. The summed E-state index contributed by atoms with van der Waals surface area (Å²) in [7, 11) is 0. The first kappa shape index (κ1) is 42.6. The number of benzene rings is 3. The maximum atomic E-state index is 14.8. The summed E-state index contributed by atoms with van der Waals surface area (Å²) in [5, 5.41) is 2.88. The van der Waals surface area contributed by atoms with Gasteiger partial charge in [-0.3, -0.25) is 14.4 Å². The van der Waals surface area contributed by atoms with Gasteiger partial charge < -0.3 is 35.6 Å². The van der Waals surface area contributed by atoms with Gasteiger partial charge in [0.15, 0.2) is 17.3 Å². The smallest absolute Gasteiger partial charge is 0.407 e. The molecule has 318 valence electrons. The molecular weight excluding hydrogens is 761 g/mol. The van der Waals surface area contributed by atoms with E-state index in [0.717, 1.165) is 49.7 Å². The van der Waals surface area contributed by atoms with Gasteiger partial charge in [-0.25, -0.2) is 14.8 Å². The molecule has 2 heterocycles. The number of aromatic nitrogens is 1. The van der Waals surface area contributed by atoms with Crippen LogP contribution in [0.25, 0.3) is 11.1 Å². The highest BCUT2D eigenvalue weighted by molar-refractivity contribution is 6.00. The standard InChI is InChI=1S/C47H58N6O7/c48-46(49)50-36-22-19-32(20-23-36)25-35(43(55)44-51-38-17-9-10-18-42(38)60-44)26-41(54)40-27-37(58-29-33-13-5-2-6-14-33)28-53(40)45(56)39(24-21-31-11-3-1-4-12-31)52-47(57)59-30-34-15-7-8-16-34/h1,3-4,9-12,17-20,22-23,33-35,37,39-40H,2,5-8,13-16,21,24-30H2,(H,52,57)(H4,48,49,50)/t35-,37-,39-,40+/m1/s1. The van der Waals surface area contributed by atoms with Crippen molar-refractivity contribution in [2.75, 3.05) is 19.8 Å². The van der Waals surface area contributed by atoms with Crippen LogP contribution in [0, 0.1) is 17.8 Å². The number of para-hydroxylation sites is 2. The number of guanidine groups is 1. The number of oxazole rings is 1. The molecule has 4 atom stereocenters. The third kappa shape index (κ3) is 11.6. The van der Waals surface area contributed by atoms with Crippen LogP contribution in [0.4, 0.5) is 10.5 Å². The summed E-state index contributed by atoms with van der Waals surface area (Å²) in [6, 6.07) is 22.2. The van der Waals surface area contributed by atoms with E-state index >= 15 is 0 Å². The van der Waals surface area contributed by atoms with Gasteiger partial charge in [0.2, 0.25) is 11.7 Å². The minimum atomic E-state index is -0.949. The molecule has 3 aliphatic rings. The second kappa shape index (κ2) is 20.6. The first-order chi connectivity index (χ1) is 29.2. The normalized spacial score (nSPS) is 19.5. The molecule has 3 aromatic carbocycles. The van der Waals surface area contributed by atoms with Crippen LogP contribution in [0.3, 0.4) is 0 Å². The van der Waals surface area contributed by atoms with Gasteiger partial charge in [0.25, 0.3) is 5.89 Å². The van der Waals surface area contributed by atoms with E-state index in [2.05, 4.69) is 15.3 Å². The summed E-state index contributed by atoms with van der Waals surface area (Å²) < 4.78 is 18.1. The third-order valence-electron chi connectivity index (χ3n) is 12.3. The number of rotatable bonds is 18. The molecule has 3 fully saturated rings. The lowest BCUT2D eigenvalue weighted by Crippen LogP contribution is -2.52. The number of ether oxygens (including phenoxy) is 2. The zero-order valence-electron chi connectivity index (χ0n) is 34.3. The van der Waals surface area contributed by atoms with Crippen LogP contribution >= 0.6 is 0 Å². The predicted octanol–water partition coefficient (Wildman–Crippen LogP) is 7.22. The number of ketones is 2. The molecule has 60 heavy (non-hydrogen) atoms. The second-order valence-electron chi connectivity index (χ2n) is 16.8. The van der Waals surface area contributed by atoms with Crippen molar-refractivity contribution >= 4 is 46.3 Å². The van der Waals surface area contributed by atoms with Crippen LogP contribution in [0.5, 0.6) is 0 Å². The van der Waals surface area contributed by atoms with Gasteiger partial charge in [-0.2, -0.15) is 0 Å². The zero-order valence-corrected chi connectivity index (χ0v) is 34.3. The number of aryl methyl sites for hydroxylation is 1. The summed E-state index contributed by atoms with van der Waals surface area (Å²) in [6.07, 6.45) is 10.1. The largest absolute Gasteiger partial charge is 0.449 e. The van der Waals surface area contributed by atoms with E-state index in [1.807, 2.05) is 48.5 Å². The number of hydrogen-bond acceptors (Lipinski definition) is 9. The Hall–Kier alpha value is -5.56. The monoisotopic (exact) mass is 818 g/mol. The average molecular weight is 819 g/mol. The zero-order chi connectivity index (χ0) is 41.8. The van der Waals surface area contributed by atoms with Crippen LogP contribution in [0.1, 0.15) is 98.9 Å². The fraction of sp³-hybridized carbons (Fsp3) is 0.489. The molecule has 7 rings (SSSR count). The van der Waals surface area contributed by atoms with Crippen molar-refractivity contribution in [2.45, 2.75) is 108 Å². The second-order valence-corrected chi connectivity index (χ2v) is 16.8. The van der Waals surface area contributed by atoms with Crippen molar-refractivity contribution in [2.24, 2.45) is 34.2 Å². The molecule has 2 amide bonds. The molecule has 0 radical (unpaired) electrons. The van der Waals surface area contributed by atoms with Crippen LogP contribution in [-0.4, -0.2) is 77.4 Å². The van der Waals surface area contributed by atoms with Crippen molar-refractivity contribution in [1.29, 1.82) is 0 Å². The van der Waals surface area contributed by atoms with Crippen LogP contribution in [0.15, 0.2) is 88.3 Å². The quantitative estimate of drug-likeness (QED) is 0.0525. The van der Waals surface area contributed by atoms with E-state index < -0.39 is 29.9 Å². The first-order valence-corrected chi connectivity index (χ1v) is 21.7. The van der Waals surface area contributed by atoms with Crippen molar-refractivity contribution in [3.63, 3.8) is 0 Å². The van der Waals surface area contributed by atoms with Crippen molar-refractivity contribution in [3.8, 4) is 0 Å². The Balaban J connectivity index is 1.14. The lowest BCUT2D eigenvalue weighted by molar-refractivity contribution is -0.139. The Bertz CT molecular complexity index is 2050. The SMILES string of the molecule is NC(N)=Nc1ccc(C[C@H](CC(=O)[C@@H]2C[C@@H](OCC3CCCCC3)CN2C(=O)[C@@H](CCc2ccccc2)NC(=O)OCC2CCCC2)C(=O)c2nc3ccccc3o2)cc1. The van der Waals surface area contributed by atoms with E-state index in [4.69, 9.17) is 25.4 Å². The molecule has 1 aromatic heterocycles. The number of nitrogens with one attached hydrogen (secondary N) is 1. The van der Waals surface area contributed by atoms with Gasteiger partial charge in [0.05, 0.1) is 24.4 Å². The lowest BCUT2D eigenvalue weighted by Gasteiger charge is -2.29. The molecule has 13 nitrogen and oxygen atoms in total. The molecular formula is C47H58N6O7. The Morgan fingerprint density at radius 1 is 0.833 bits per heavy atom. The van der Waals surface area contributed by atoms with Crippen molar-refractivity contribution in [3.05, 3.63) is 95.9 Å². The maximum absolute atomic E-state index is 14.8. The third-order valence-corrected chi connectivity index (χ3v) is 12.3. The number of aliphatic imine (C=N–C) groups is 1. The summed E-state index contributed by atoms with van der Waals surface area (Å²) in [4.78, 5) is 67.3. The number of Topliss-reactive ketones (excluding diaryl/α,β-unsaturated/α-hetero) is 2. The topological polar surface area (TPSA) is 192 Å². The summed E-state index contributed by atoms with van der Waals surface area (Å²) in [6.45, 7) is 1.06. The van der Waals surface area contributed by atoms with E-state index in [0.29, 0.717) is 54.7 Å². The number of alkyl carbamates (subject to hydrolysis) is 1. The van der Waals surface area contributed by atoms with E-state index in [-0.39, 0.29) is 55.5 Å². The molecule has 0 bridgehead atoms. The lowest BCUT2D eigenvalue weighted by atomic mass is 9.88. The van der Waals surface area contributed by atoms with E-state index in [9.17, 15) is 19.2 Å². The molecule has 2 saturated carbocycles. The Morgan fingerprint density at radius 3 is 2.23 bits per heavy atom. The van der Waals surface area contributed by atoms with Crippen molar-refractivity contribution < 1.29 is 33.1 Å². The molecule has 2 aliphatic carbocycles. The molecule has 1 aliphatic heterocycles. The molecule has 0 spiro atoms. The van der Waals surface area contributed by atoms with Gasteiger partial charge in [0, 0.05) is 31.9 Å². The van der Waals surface area contributed by atoms with E-state index in [1.54, 1.807) is 35.2 Å². The highest BCUT2D eigenvalue weighted by atomic mass is 16.5. The number of amides is 2. The van der Waals surface area contributed by atoms with Crippen LogP contribution in [0.2, 0.25) is 0 Å². The van der Waals surface area contributed by atoms with E-state index in [1.165, 1.54) is 19.3 Å². The number of likely N-dealkylation sites (tertiary alicyclic amines) is 1. The number of hydrogen-bond donors (Lipinski definition) is 3. The minimum Gasteiger partial charge on any atom is -0.449 e. The average Bonchev–Trinajstić information content (AvgIpc) is 4.05. The summed E-state index contributed by atoms with van der Waals surface area (Å²) in [5.41, 5.74) is 14.5. The minimum absolute atomic E-state index is 0.0764. The maximum Gasteiger partial charge on any atom is 0.407 e.